The Labute approximate surface area is 265 Å². The maximum atomic E-state index is 13.4. The lowest BCUT2D eigenvalue weighted by atomic mass is 9.99. The normalized spacial score (nSPS) is 12.6. The predicted molar refractivity (Wildman–Crippen MR) is 176 cm³/mol. The first kappa shape index (κ1) is 33.1. The Bertz CT molecular complexity index is 1580. The first-order valence-electron chi connectivity index (χ1n) is 15.3. The van der Waals surface area contributed by atoms with E-state index in [0.29, 0.717) is 24.9 Å². The van der Waals surface area contributed by atoms with E-state index in [9.17, 15) is 14.4 Å². The van der Waals surface area contributed by atoms with Crippen molar-refractivity contribution < 1.29 is 19.1 Å². The fourth-order valence-corrected chi connectivity index (χ4v) is 5.03. The molecule has 236 valence electrons. The first-order chi connectivity index (χ1) is 21.5. The SMILES string of the molecule is C[C@H](NC(=O)[C@H](CCCN)NC(=O)c1ccc(CN(Cc2ccccn2)C(=O)OC(C)(C)C)cc1)c1cccc2ccccc12. The second kappa shape index (κ2) is 15.3. The van der Waals surface area contributed by atoms with Crippen LogP contribution in [0.5, 0.6) is 0 Å². The van der Waals surface area contributed by atoms with Gasteiger partial charge in [-0.3, -0.25) is 19.5 Å². The lowest BCUT2D eigenvalue weighted by Gasteiger charge is -2.27. The summed E-state index contributed by atoms with van der Waals surface area (Å²) >= 11 is 0. The molecule has 4 rings (SSSR count). The molecule has 1 aromatic heterocycles. The number of carbonyl (C=O) groups excluding carboxylic acids is 3. The molecular weight excluding hydrogens is 566 g/mol. The van der Waals surface area contributed by atoms with Crippen LogP contribution >= 0.6 is 0 Å². The second-order valence-electron chi connectivity index (χ2n) is 12.1. The summed E-state index contributed by atoms with van der Waals surface area (Å²) in [7, 11) is 0. The number of hydrogen-bond acceptors (Lipinski definition) is 6. The van der Waals surface area contributed by atoms with Crippen LogP contribution in [-0.4, -0.2) is 46.0 Å². The number of nitrogens with two attached hydrogens (primary N) is 1. The Morgan fingerprint density at radius 3 is 2.29 bits per heavy atom. The summed E-state index contributed by atoms with van der Waals surface area (Å²) in [6, 6.07) is 25.6. The average molecular weight is 610 g/mol. The highest BCUT2D eigenvalue weighted by atomic mass is 16.6. The summed E-state index contributed by atoms with van der Waals surface area (Å²) in [5, 5.41) is 8.15. The number of nitrogens with one attached hydrogen (secondary N) is 2. The van der Waals surface area contributed by atoms with Gasteiger partial charge in [0.05, 0.1) is 18.3 Å². The van der Waals surface area contributed by atoms with Crippen LogP contribution in [0.15, 0.2) is 91.1 Å². The van der Waals surface area contributed by atoms with E-state index in [4.69, 9.17) is 10.5 Å². The molecular formula is C36H43N5O4. The Kier molecular flexibility index (Phi) is 11.3. The van der Waals surface area contributed by atoms with E-state index in [1.165, 1.54) is 0 Å². The van der Waals surface area contributed by atoms with Crippen molar-refractivity contribution in [2.24, 2.45) is 5.73 Å². The fraction of sp³-hybridized carbons (Fsp3) is 0.333. The van der Waals surface area contributed by atoms with Gasteiger partial charge in [0.2, 0.25) is 5.91 Å². The van der Waals surface area contributed by atoms with Crippen molar-refractivity contribution >= 4 is 28.7 Å². The van der Waals surface area contributed by atoms with Crippen molar-refractivity contribution in [3.8, 4) is 0 Å². The van der Waals surface area contributed by atoms with E-state index < -0.39 is 17.7 Å². The molecule has 0 unspecified atom stereocenters. The van der Waals surface area contributed by atoms with E-state index >= 15 is 0 Å². The van der Waals surface area contributed by atoms with Crippen LogP contribution in [0.25, 0.3) is 10.8 Å². The molecule has 4 N–H and O–H groups in total. The molecule has 9 heteroatoms. The van der Waals surface area contributed by atoms with Gasteiger partial charge in [-0.25, -0.2) is 4.79 Å². The third-order valence-electron chi connectivity index (χ3n) is 7.29. The lowest BCUT2D eigenvalue weighted by molar-refractivity contribution is -0.123. The van der Waals surface area contributed by atoms with E-state index in [1.54, 1.807) is 35.4 Å². The number of benzene rings is 3. The van der Waals surface area contributed by atoms with Crippen molar-refractivity contribution in [1.29, 1.82) is 0 Å². The molecule has 0 saturated heterocycles. The molecule has 0 saturated carbocycles. The van der Waals surface area contributed by atoms with Crippen molar-refractivity contribution in [2.75, 3.05) is 6.54 Å². The quantitative estimate of drug-likeness (QED) is 0.184. The minimum atomic E-state index is -0.751. The third-order valence-corrected chi connectivity index (χ3v) is 7.29. The monoisotopic (exact) mass is 609 g/mol. The van der Waals surface area contributed by atoms with Gasteiger partial charge in [0.1, 0.15) is 11.6 Å². The zero-order valence-electron chi connectivity index (χ0n) is 26.5. The summed E-state index contributed by atoms with van der Waals surface area (Å²) in [6.07, 6.45) is 2.21. The van der Waals surface area contributed by atoms with E-state index in [1.807, 2.05) is 88.4 Å². The Morgan fingerprint density at radius 1 is 0.889 bits per heavy atom. The highest BCUT2D eigenvalue weighted by Crippen LogP contribution is 2.24. The van der Waals surface area contributed by atoms with Crippen LogP contribution in [0.4, 0.5) is 4.79 Å². The molecule has 3 aromatic carbocycles. The third kappa shape index (κ3) is 9.61. The molecule has 0 radical (unpaired) electrons. The van der Waals surface area contributed by atoms with Crippen molar-refractivity contribution in [2.45, 2.75) is 71.3 Å². The van der Waals surface area contributed by atoms with Crippen LogP contribution in [0, 0.1) is 0 Å². The number of hydrogen-bond donors (Lipinski definition) is 3. The molecule has 0 fully saturated rings. The van der Waals surface area contributed by atoms with Crippen molar-refractivity contribution in [3.05, 3.63) is 114 Å². The minimum absolute atomic E-state index is 0.265. The maximum Gasteiger partial charge on any atom is 0.410 e. The van der Waals surface area contributed by atoms with E-state index in [-0.39, 0.29) is 30.9 Å². The molecule has 45 heavy (non-hydrogen) atoms. The van der Waals surface area contributed by atoms with Gasteiger partial charge < -0.3 is 21.1 Å². The molecule has 1 heterocycles. The number of nitrogens with zero attached hydrogens (tertiary/aromatic N) is 2. The highest BCUT2D eigenvalue weighted by molar-refractivity contribution is 5.97. The molecule has 0 aliphatic carbocycles. The zero-order chi connectivity index (χ0) is 32.4. The topological polar surface area (TPSA) is 127 Å². The Morgan fingerprint density at radius 2 is 1.60 bits per heavy atom. The number of amides is 3. The van der Waals surface area contributed by atoms with E-state index in [2.05, 4.69) is 15.6 Å². The highest BCUT2D eigenvalue weighted by Gasteiger charge is 2.25. The number of carbonyl (C=O) groups is 3. The fourth-order valence-electron chi connectivity index (χ4n) is 5.03. The molecule has 0 aliphatic heterocycles. The maximum absolute atomic E-state index is 13.4. The number of pyridine rings is 1. The van der Waals surface area contributed by atoms with Gasteiger partial charge in [-0.2, -0.15) is 0 Å². The molecule has 0 bridgehead atoms. The standard InChI is InChI=1S/C36H43N5O4/c1-25(30-15-9-12-27-11-5-6-14-31(27)30)39-34(43)32(16-10-21-37)40-33(42)28-19-17-26(18-20-28)23-41(35(44)45-36(2,3)4)24-29-13-7-8-22-38-29/h5-9,11-15,17-20,22,25,32H,10,16,21,23-24,37H2,1-4H3,(H,39,43)(H,40,42)/t25-,32-/m0/s1. The van der Waals surface area contributed by atoms with Crippen LogP contribution in [-0.2, 0) is 22.6 Å². The van der Waals surface area contributed by atoms with E-state index in [0.717, 1.165) is 27.6 Å². The lowest BCUT2D eigenvalue weighted by Crippen LogP contribution is -2.47. The smallest absolute Gasteiger partial charge is 0.410 e. The molecule has 0 spiro atoms. The van der Waals surface area contributed by atoms with Gasteiger partial charge in [0.25, 0.3) is 5.91 Å². The van der Waals surface area contributed by atoms with Gasteiger partial charge in [0.15, 0.2) is 0 Å². The van der Waals surface area contributed by atoms with Gasteiger partial charge in [-0.05, 0) is 93.2 Å². The predicted octanol–water partition coefficient (Wildman–Crippen LogP) is 5.89. The van der Waals surface area contributed by atoms with Gasteiger partial charge in [-0.15, -0.1) is 0 Å². The molecule has 3 amide bonds. The summed E-state index contributed by atoms with van der Waals surface area (Å²) in [4.78, 5) is 45.6. The molecule has 0 aliphatic rings. The summed E-state index contributed by atoms with van der Waals surface area (Å²) in [6.45, 7) is 8.34. The largest absolute Gasteiger partial charge is 0.444 e. The minimum Gasteiger partial charge on any atom is -0.444 e. The Hall–Kier alpha value is -4.76. The Balaban J connectivity index is 1.43. The van der Waals surface area contributed by atoms with Crippen molar-refractivity contribution in [1.82, 2.24) is 20.5 Å². The number of ether oxygens (including phenoxy) is 1. The van der Waals surface area contributed by atoms with Crippen LogP contribution in [0.2, 0.25) is 0 Å². The summed E-state index contributed by atoms with van der Waals surface area (Å²) in [5.74, 6) is -0.634. The van der Waals surface area contributed by atoms with Gasteiger partial charge >= 0.3 is 6.09 Å². The molecule has 2 atom stereocenters. The van der Waals surface area contributed by atoms with Gasteiger partial charge in [0, 0.05) is 18.3 Å². The molecule has 9 nitrogen and oxygen atoms in total. The second-order valence-corrected chi connectivity index (χ2v) is 12.1. The first-order valence-corrected chi connectivity index (χ1v) is 15.3. The zero-order valence-corrected chi connectivity index (χ0v) is 26.5. The molecule has 4 aromatic rings. The average Bonchev–Trinajstić information content (AvgIpc) is 3.02. The number of fused-ring (bicyclic) bond motifs is 1. The van der Waals surface area contributed by atoms with Gasteiger partial charge in [-0.1, -0.05) is 60.7 Å². The van der Waals surface area contributed by atoms with Crippen molar-refractivity contribution in [3.63, 3.8) is 0 Å². The van der Waals surface area contributed by atoms with Crippen LogP contribution in [0.1, 0.15) is 73.8 Å². The van der Waals surface area contributed by atoms with Crippen LogP contribution in [0.3, 0.4) is 0 Å². The van der Waals surface area contributed by atoms with Crippen LogP contribution < -0.4 is 16.4 Å². The number of rotatable bonds is 12. The number of aromatic nitrogens is 1. The summed E-state index contributed by atoms with van der Waals surface area (Å²) < 4.78 is 5.63. The summed E-state index contributed by atoms with van der Waals surface area (Å²) in [5.41, 5.74) is 8.05.